The lowest BCUT2D eigenvalue weighted by molar-refractivity contribution is -0.0914. The van der Waals surface area contributed by atoms with E-state index in [0.717, 1.165) is 0 Å². The van der Waals surface area contributed by atoms with Crippen molar-refractivity contribution in [3.63, 3.8) is 0 Å². The van der Waals surface area contributed by atoms with Gasteiger partial charge in [-0.15, -0.1) is 0 Å². The Labute approximate surface area is 195 Å². The third-order valence-electron chi connectivity index (χ3n) is 4.12. The Bertz CT molecular complexity index is 967. The van der Waals surface area contributed by atoms with Gasteiger partial charge in [-0.2, -0.15) is 4.98 Å². The Morgan fingerprint density at radius 3 is 2.36 bits per heavy atom. The number of aryl methyl sites for hydroxylation is 1. The van der Waals surface area contributed by atoms with Crippen LogP contribution in [-0.2, 0) is 16.5 Å². The fourth-order valence-corrected chi connectivity index (χ4v) is 2.22. The summed E-state index contributed by atoms with van der Waals surface area (Å²) in [5, 5.41) is 3.50. The van der Waals surface area contributed by atoms with E-state index in [4.69, 9.17) is 14.2 Å². The van der Waals surface area contributed by atoms with Crippen molar-refractivity contribution >= 4 is 17.0 Å². The third kappa shape index (κ3) is 9.55. The van der Waals surface area contributed by atoms with Gasteiger partial charge in [-0.25, -0.2) is 9.37 Å². The van der Waals surface area contributed by atoms with E-state index in [0.29, 0.717) is 23.5 Å². The first-order valence-electron chi connectivity index (χ1n) is 10.8. The SMILES string of the molecule is C=C/C=C(/Oc1cc2cnc(NCC(OC)OC)nc2n(C)c1=O)C(=C)F.CC.CCCC. The lowest BCUT2D eigenvalue weighted by Crippen LogP contribution is -2.25. The average Bonchev–Trinajstić information content (AvgIpc) is 2.84. The van der Waals surface area contributed by atoms with E-state index in [1.807, 2.05) is 13.8 Å². The largest absolute Gasteiger partial charge is 0.448 e. The molecule has 184 valence electrons. The van der Waals surface area contributed by atoms with Gasteiger partial charge in [0, 0.05) is 32.9 Å². The molecule has 0 unspecified atom stereocenters. The maximum absolute atomic E-state index is 13.4. The molecular formula is C24H37FN4O4. The lowest BCUT2D eigenvalue weighted by Gasteiger charge is -2.14. The van der Waals surface area contributed by atoms with Gasteiger partial charge >= 0.3 is 0 Å². The number of anilines is 1. The minimum absolute atomic E-state index is 0.0833. The number of methoxy groups -OCH3 is 2. The van der Waals surface area contributed by atoms with E-state index in [2.05, 4.69) is 42.3 Å². The third-order valence-corrected chi connectivity index (χ3v) is 4.12. The van der Waals surface area contributed by atoms with Crippen LogP contribution in [0.25, 0.3) is 11.0 Å². The molecule has 2 aromatic heterocycles. The molecule has 0 atom stereocenters. The monoisotopic (exact) mass is 464 g/mol. The van der Waals surface area contributed by atoms with E-state index < -0.39 is 17.7 Å². The summed E-state index contributed by atoms with van der Waals surface area (Å²) < 4.78 is 30.2. The molecule has 1 N–H and O–H groups in total. The molecule has 33 heavy (non-hydrogen) atoms. The predicted octanol–water partition coefficient (Wildman–Crippen LogP) is 5.12. The molecule has 2 aromatic rings. The van der Waals surface area contributed by atoms with Gasteiger partial charge in [0.1, 0.15) is 5.65 Å². The number of unbranched alkanes of at least 4 members (excludes halogenated alkanes) is 1. The van der Waals surface area contributed by atoms with Crippen molar-refractivity contribution < 1.29 is 18.6 Å². The van der Waals surface area contributed by atoms with Crippen LogP contribution in [-0.4, -0.2) is 41.6 Å². The van der Waals surface area contributed by atoms with Crippen LogP contribution < -0.4 is 15.6 Å². The number of hydrogen-bond acceptors (Lipinski definition) is 7. The normalized spacial score (nSPS) is 10.6. The van der Waals surface area contributed by atoms with Gasteiger partial charge in [-0.1, -0.05) is 59.8 Å². The molecular weight excluding hydrogens is 427 g/mol. The molecule has 0 radical (unpaired) electrons. The minimum Gasteiger partial charge on any atom is -0.448 e. The van der Waals surface area contributed by atoms with Crippen molar-refractivity contribution in [2.75, 3.05) is 26.1 Å². The number of halogens is 1. The number of rotatable bonds is 10. The Kier molecular flexibility index (Phi) is 15.0. The summed E-state index contributed by atoms with van der Waals surface area (Å²) in [5.74, 6) is -0.806. The first-order chi connectivity index (χ1) is 15.8. The standard InChI is InChI=1S/C18H21FN4O4.C4H10.C2H6/c1-6-7-13(11(2)19)27-14-8-12-9-20-18(21-10-15(25-4)26-5)22-16(12)23(3)17(14)24;1-3-4-2;1-2/h6-9,15H,1-2,10H2,3-5H3,(H,20,21,22);3-4H2,1-2H3;1-2H3/b13-7+;;. The van der Waals surface area contributed by atoms with Gasteiger partial charge in [0.05, 0.1) is 6.54 Å². The zero-order valence-corrected chi connectivity index (χ0v) is 20.8. The summed E-state index contributed by atoms with van der Waals surface area (Å²) in [6, 6.07) is 1.44. The zero-order chi connectivity index (χ0) is 25.4. The highest BCUT2D eigenvalue weighted by atomic mass is 19.1. The summed E-state index contributed by atoms with van der Waals surface area (Å²) >= 11 is 0. The summed E-state index contributed by atoms with van der Waals surface area (Å²) in [6.45, 7) is 15.3. The highest BCUT2D eigenvalue weighted by Gasteiger charge is 2.14. The quantitative estimate of drug-likeness (QED) is 0.296. The molecule has 9 heteroatoms. The Hall–Kier alpha value is -3.04. The summed E-state index contributed by atoms with van der Waals surface area (Å²) in [5.41, 5.74) is -0.111. The molecule has 0 spiro atoms. The van der Waals surface area contributed by atoms with Gasteiger partial charge in [0.2, 0.25) is 5.95 Å². The molecule has 0 aromatic carbocycles. The average molecular weight is 465 g/mol. The second-order valence-electron chi connectivity index (χ2n) is 6.40. The summed E-state index contributed by atoms with van der Waals surface area (Å²) in [7, 11) is 4.57. The first-order valence-corrected chi connectivity index (χ1v) is 10.8. The zero-order valence-electron chi connectivity index (χ0n) is 20.8. The van der Waals surface area contributed by atoms with Crippen molar-refractivity contribution in [2.24, 2.45) is 7.05 Å². The van der Waals surface area contributed by atoms with Crippen molar-refractivity contribution in [3.8, 4) is 5.75 Å². The van der Waals surface area contributed by atoms with Gasteiger partial charge in [0.15, 0.2) is 23.6 Å². The van der Waals surface area contributed by atoms with E-state index >= 15 is 0 Å². The molecule has 0 bridgehead atoms. The summed E-state index contributed by atoms with van der Waals surface area (Å²) in [6.07, 6.45) is 6.30. The maximum atomic E-state index is 13.4. The van der Waals surface area contributed by atoms with Crippen LogP contribution in [0.15, 0.2) is 54.0 Å². The van der Waals surface area contributed by atoms with Crippen LogP contribution in [0.5, 0.6) is 5.75 Å². The molecule has 2 rings (SSSR count). The summed E-state index contributed by atoms with van der Waals surface area (Å²) in [4.78, 5) is 21.0. The smallest absolute Gasteiger partial charge is 0.294 e. The Balaban J connectivity index is 0.00000154. The highest BCUT2D eigenvalue weighted by Crippen LogP contribution is 2.20. The van der Waals surface area contributed by atoms with Gasteiger partial charge in [0.25, 0.3) is 5.56 Å². The molecule has 0 amide bonds. The number of nitrogens with zero attached hydrogens (tertiary/aromatic N) is 3. The molecule has 8 nitrogen and oxygen atoms in total. The van der Waals surface area contributed by atoms with Crippen molar-refractivity contribution in [3.05, 3.63) is 59.5 Å². The molecule has 0 saturated heterocycles. The predicted molar refractivity (Wildman–Crippen MR) is 132 cm³/mol. The molecule has 0 saturated carbocycles. The van der Waals surface area contributed by atoms with E-state index in [1.165, 1.54) is 63.1 Å². The topological polar surface area (TPSA) is 87.5 Å². The van der Waals surface area contributed by atoms with Crippen LogP contribution in [0.3, 0.4) is 0 Å². The molecule has 2 heterocycles. The maximum Gasteiger partial charge on any atom is 0.294 e. The van der Waals surface area contributed by atoms with E-state index in [9.17, 15) is 9.18 Å². The fraction of sp³-hybridized carbons (Fsp3) is 0.458. The Morgan fingerprint density at radius 2 is 1.88 bits per heavy atom. The van der Waals surface area contributed by atoms with Crippen LogP contribution in [0.1, 0.15) is 40.5 Å². The van der Waals surface area contributed by atoms with Crippen LogP contribution in [0.2, 0.25) is 0 Å². The van der Waals surface area contributed by atoms with Crippen LogP contribution in [0.4, 0.5) is 10.3 Å². The van der Waals surface area contributed by atoms with Gasteiger partial charge < -0.3 is 19.5 Å². The first kappa shape index (κ1) is 30.0. The van der Waals surface area contributed by atoms with Crippen LogP contribution >= 0.6 is 0 Å². The van der Waals surface area contributed by atoms with E-state index in [1.54, 1.807) is 0 Å². The van der Waals surface area contributed by atoms with Crippen molar-refractivity contribution in [1.82, 2.24) is 14.5 Å². The molecule has 0 aliphatic heterocycles. The second kappa shape index (κ2) is 16.6. The molecule has 0 aliphatic carbocycles. The number of fused-ring (bicyclic) bond motifs is 1. The van der Waals surface area contributed by atoms with E-state index in [-0.39, 0.29) is 11.5 Å². The second-order valence-corrected chi connectivity index (χ2v) is 6.40. The van der Waals surface area contributed by atoms with Gasteiger partial charge in [-0.05, 0) is 12.1 Å². The molecule has 0 fully saturated rings. The van der Waals surface area contributed by atoms with Crippen molar-refractivity contribution in [1.29, 1.82) is 0 Å². The number of nitrogens with one attached hydrogen (secondary N) is 1. The molecule has 0 aliphatic rings. The number of ether oxygens (including phenoxy) is 3. The number of aromatic nitrogens is 3. The van der Waals surface area contributed by atoms with Gasteiger partial charge in [-0.3, -0.25) is 9.36 Å². The highest BCUT2D eigenvalue weighted by molar-refractivity contribution is 5.76. The lowest BCUT2D eigenvalue weighted by atomic mass is 10.3. The number of pyridine rings is 1. The van der Waals surface area contributed by atoms with Crippen LogP contribution in [0, 0.1) is 0 Å². The Morgan fingerprint density at radius 1 is 1.27 bits per heavy atom. The fourth-order valence-electron chi connectivity index (χ4n) is 2.22. The van der Waals surface area contributed by atoms with Crippen molar-refractivity contribution in [2.45, 2.75) is 46.8 Å². The number of hydrogen-bond donors (Lipinski definition) is 1. The minimum atomic E-state index is -0.821. The number of allylic oxidation sites excluding steroid dienone is 3.